The summed E-state index contributed by atoms with van der Waals surface area (Å²) in [4.78, 5) is 13.0. The Hall–Kier alpha value is -5.37. The van der Waals surface area contributed by atoms with Crippen LogP contribution in [0.15, 0.2) is 127 Å². The zero-order chi connectivity index (χ0) is 33.0. The number of aliphatic hydroxyl groups excluding tert-OH is 2. The van der Waals surface area contributed by atoms with Gasteiger partial charge in [0.1, 0.15) is 30.8 Å². The van der Waals surface area contributed by atoms with Gasteiger partial charge in [0.15, 0.2) is 23.9 Å². The normalized spacial score (nSPS) is 12.1. The first-order valence-corrected chi connectivity index (χ1v) is 15.3. The van der Waals surface area contributed by atoms with Crippen molar-refractivity contribution in [3.05, 3.63) is 155 Å². The van der Waals surface area contributed by atoms with Gasteiger partial charge in [0, 0.05) is 5.56 Å². The van der Waals surface area contributed by atoms with Crippen LogP contribution in [0.3, 0.4) is 0 Å². The molecule has 0 fully saturated rings. The van der Waals surface area contributed by atoms with E-state index in [1.165, 1.54) is 0 Å². The summed E-state index contributed by atoms with van der Waals surface area (Å²) >= 11 is 0. The van der Waals surface area contributed by atoms with Crippen LogP contribution in [-0.4, -0.2) is 49.0 Å². The number of allylic oxidation sites excluding steroid dienone is 1. The average molecular weight is 631 g/mol. The Bertz CT molecular complexity index is 1760. The van der Waals surface area contributed by atoms with Crippen molar-refractivity contribution in [2.45, 2.75) is 19.6 Å². The van der Waals surface area contributed by atoms with Crippen molar-refractivity contribution in [1.82, 2.24) is 0 Å². The highest BCUT2D eigenvalue weighted by Crippen LogP contribution is 2.34. The predicted octanol–water partition coefficient (Wildman–Crippen LogP) is 7.25. The van der Waals surface area contributed by atoms with E-state index in [4.69, 9.17) is 24.1 Å². The quantitative estimate of drug-likeness (QED) is 0.0930. The molecular formula is C40H38O7. The zero-order valence-electron chi connectivity index (χ0n) is 26.5. The minimum absolute atomic E-state index is 0.00752. The third-order valence-corrected chi connectivity index (χ3v) is 7.61. The number of carbonyl (C=O) groups is 1. The molecule has 7 nitrogen and oxygen atoms in total. The fourth-order valence-corrected chi connectivity index (χ4v) is 5.04. The summed E-state index contributed by atoms with van der Waals surface area (Å²) in [6, 6.07) is 40.4. The Morgan fingerprint density at radius 2 is 1.23 bits per heavy atom. The Morgan fingerprint density at radius 3 is 1.83 bits per heavy atom. The van der Waals surface area contributed by atoms with E-state index in [2.05, 4.69) is 19.1 Å². The van der Waals surface area contributed by atoms with Crippen LogP contribution in [0.1, 0.15) is 39.5 Å². The van der Waals surface area contributed by atoms with Crippen molar-refractivity contribution in [3.63, 3.8) is 0 Å². The lowest BCUT2D eigenvalue weighted by molar-refractivity contribution is 0.0536. The van der Waals surface area contributed by atoms with E-state index in [-0.39, 0.29) is 25.6 Å². The molecule has 0 aliphatic carbocycles. The second-order valence-electron chi connectivity index (χ2n) is 10.9. The van der Waals surface area contributed by atoms with Crippen molar-refractivity contribution in [1.29, 1.82) is 0 Å². The zero-order valence-corrected chi connectivity index (χ0v) is 26.5. The number of Topliss-reactive ketones (excluding diaryl/α,β-unsaturated/α-hetero) is 1. The lowest BCUT2D eigenvalue weighted by Gasteiger charge is -2.16. The standard InChI is InChI=1S/C40H38O7/c1-28(30-11-7-4-8-12-30)40(31-13-18-35(19-14-31)45-26-34(42)24-41)32-15-20-36(21-16-32)46-27-37(43)33-17-22-38(39(23-33)44-2)47-25-29-9-5-3-6-10-29/h3-23,34,41-42H,24-27H2,1-2H3/b40-28+. The van der Waals surface area contributed by atoms with E-state index in [0.29, 0.717) is 35.2 Å². The predicted molar refractivity (Wildman–Crippen MR) is 183 cm³/mol. The summed E-state index contributed by atoms with van der Waals surface area (Å²) in [6.07, 6.45) is -0.936. The molecule has 5 aromatic rings. The Labute approximate surface area is 275 Å². The average Bonchev–Trinajstić information content (AvgIpc) is 3.13. The fourth-order valence-electron chi connectivity index (χ4n) is 5.04. The van der Waals surface area contributed by atoms with Crippen LogP contribution in [0.5, 0.6) is 23.0 Å². The van der Waals surface area contributed by atoms with Gasteiger partial charge in [0.25, 0.3) is 0 Å². The number of carbonyl (C=O) groups excluding carboxylic acids is 1. The molecule has 5 rings (SSSR count). The number of methoxy groups -OCH3 is 1. The summed E-state index contributed by atoms with van der Waals surface area (Å²) in [6.45, 7) is 1.99. The smallest absolute Gasteiger partial charge is 0.200 e. The number of rotatable bonds is 15. The van der Waals surface area contributed by atoms with E-state index in [0.717, 1.165) is 33.4 Å². The van der Waals surface area contributed by atoms with Crippen LogP contribution in [-0.2, 0) is 6.61 Å². The Balaban J connectivity index is 1.28. The van der Waals surface area contributed by atoms with Crippen LogP contribution in [0.25, 0.3) is 11.1 Å². The molecule has 240 valence electrons. The molecule has 7 heteroatoms. The van der Waals surface area contributed by atoms with Crippen molar-refractivity contribution in [3.8, 4) is 23.0 Å². The van der Waals surface area contributed by atoms with Crippen LogP contribution in [0, 0.1) is 0 Å². The molecule has 47 heavy (non-hydrogen) atoms. The molecule has 2 N–H and O–H groups in total. The highest BCUT2D eigenvalue weighted by Gasteiger charge is 2.15. The third-order valence-electron chi connectivity index (χ3n) is 7.61. The molecular weight excluding hydrogens is 592 g/mol. The lowest BCUT2D eigenvalue weighted by atomic mass is 9.90. The molecule has 1 atom stereocenters. The van der Waals surface area contributed by atoms with Crippen LogP contribution in [0.2, 0.25) is 0 Å². The first-order valence-electron chi connectivity index (χ1n) is 15.3. The van der Waals surface area contributed by atoms with E-state index in [1.807, 2.05) is 97.1 Å². The number of ketones is 1. The SMILES string of the molecule is COc1cc(C(=O)COc2ccc(/C(=C(\C)c3ccccc3)c3ccc(OCC(O)CO)cc3)cc2)ccc1OCc1ccccc1. The number of benzene rings is 5. The molecule has 0 spiro atoms. The van der Waals surface area contributed by atoms with Gasteiger partial charge in [0.05, 0.1) is 13.7 Å². The van der Waals surface area contributed by atoms with Crippen molar-refractivity contribution >= 4 is 16.9 Å². The van der Waals surface area contributed by atoms with Crippen molar-refractivity contribution in [2.75, 3.05) is 26.9 Å². The molecule has 0 aromatic heterocycles. The van der Waals surface area contributed by atoms with Gasteiger partial charge in [-0.1, -0.05) is 84.9 Å². The summed E-state index contributed by atoms with van der Waals surface area (Å²) < 4.78 is 22.9. The highest BCUT2D eigenvalue weighted by atomic mass is 16.5. The third kappa shape index (κ3) is 8.88. The maximum atomic E-state index is 13.0. The van der Waals surface area contributed by atoms with Gasteiger partial charge in [-0.3, -0.25) is 4.79 Å². The van der Waals surface area contributed by atoms with Gasteiger partial charge in [0.2, 0.25) is 0 Å². The van der Waals surface area contributed by atoms with E-state index in [9.17, 15) is 9.90 Å². The molecule has 1 unspecified atom stereocenters. The fraction of sp³-hybridized carbons (Fsp3) is 0.175. The highest BCUT2D eigenvalue weighted by molar-refractivity contribution is 5.98. The summed E-state index contributed by atoms with van der Waals surface area (Å²) in [5.41, 5.74) is 6.66. The number of ether oxygens (including phenoxy) is 4. The molecule has 0 heterocycles. The second-order valence-corrected chi connectivity index (χ2v) is 10.9. The van der Waals surface area contributed by atoms with Gasteiger partial charge in [-0.15, -0.1) is 0 Å². The molecule has 0 aliphatic rings. The van der Waals surface area contributed by atoms with Gasteiger partial charge in [-0.05, 0) is 82.8 Å². The van der Waals surface area contributed by atoms with Gasteiger partial charge < -0.3 is 29.2 Å². The van der Waals surface area contributed by atoms with Crippen LogP contribution < -0.4 is 18.9 Å². The topological polar surface area (TPSA) is 94.5 Å². The van der Waals surface area contributed by atoms with Gasteiger partial charge in [-0.25, -0.2) is 0 Å². The molecule has 0 aliphatic heterocycles. The van der Waals surface area contributed by atoms with Crippen molar-refractivity contribution < 1.29 is 34.0 Å². The maximum absolute atomic E-state index is 13.0. The maximum Gasteiger partial charge on any atom is 0.200 e. The van der Waals surface area contributed by atoms with E-state index in [1.54, 1.807) is 25.3 Å². The summed E-state index contributed by atoms with van der Waals surface area (Å²) in [5.74, 6) is 2.02. The number of aliphatic hydroxyl groups is 2. The molecule has 0 radical (unpaired) electrons. The van der Waals surface area contributed by atoms with Gasteiger partial charge >= 0.3 is 0 Å². The molecule has 0 saturated carbocycles. The van der Waals surface area contributed by atoms with Crippen molar-refractivity contribution in [2.24, 2.45) is 0 Å². The molecule has 0 amide bonds. The lowest BCUT2D eigenvalue weighted by Crippen LogP contribution is -2.21. The second kappa shape index (κ2) is 16.3. The van der Waals surface area contributed by atoms with Gasteiger partial charge in [-0.2, -0.15) is 0 Å². The first kappa shape index (κ1) is 33.0. The first-order chi connectivity index (χ1) is 22.9. The molecule has 0 bridgehead atoms. The summed E-state index contributed by atoms with van der Waals surface area (Å²) in [5, 5.41) is 18.7. The monoisotopic (exact) mass is 630 g/mol. The van der Waals surface area contributed by atoms with E-state index >= 15 is 0 Å². The minimum Gasteiger partial charge on any atom is -0.493 e. The summed E-state index contributed by atoms with van der Waals surface area (Å²) in [7, 11) is 1.55. The van der Waals surface area contributed by atoms with Crippen LogP contribution >= 0.6 is 0 Å². The van der Waals surface area contributed by atoms with Crippen LogP contribution in [0.4, 0.5) is 0 Å². The Morgan fingerprint density at radius 1 is 0.660 bits per heavy atom. The number of hydrogen-bond acceptors (Lipinski definition) is 7. The largest absolute Gasteiger partial charge is 0.493 e. The van der Waals surface area contributed by atoms with E-state index < -0.39 is 6.10 Å². The minimum atomic E-state index is -0.936. The molecule has 5 aromatic carbocycles. The molecule has 0 saturated heterocycles. The number of hydrogen-bond donors (Lipinski definition) is 2. The Kier molecular flexibility index (Phi) is 11.4.